The van der Waals surface area contributed by atoms with Gasteiger partial charge < -0.3 is 9.47 Å². The zero-order valence-electron chi connectivity index (χ0n) is 31.0. The Hall–Kier alpha value is -6.90. The Morgan fingerprint density at radius 1 is 0.455 bits per heavy atom. The summed E-state index contributed by atoms with van der Waals surface area (Å²) in [5, 5.41) is 2.60. The van der Waals surface area contributed by atoms with Crippen LogP contribution in [0, 0.1) is 0 Å². The predicted octanol–water partition coefficient (Wildman–Crippen LogP) is 14.4. The highest BCUT2D eigenvalue weighted by molar-refractivity contribution is 6.13. The van der Waals surface area contributed by atoms with Crippen molar-refractivity contribution in [3.05, 3.63) is 216 Å². The molecule has 0 unspecified atom stereocenters. The number of para-hydroxylation sites is 4. The smallest absolute Gasteiger partial charge is 0.0588 e. The molecule has 0 saturated heterocycles. The molecule has 1 aromatic heterocycles. The highest BCUT2D eigenvalue weighted by Crippen LogP contribution is 2.53. The number of fused-ring (bicyclic) bond motifs is 7. The Balaban J connectivity index is 0.938. The molecule has 1 aliphatic carbocycles. The van der Waals surface area contributed by atoms with E-state index in [0.29, 0.717) is 0 Å². The minimum atomic E-state index is -0.182. The molecule has 262 valence electrons. The number of benzene rings is 8. The molecule has 9 aromatic rings. The van der Waals surface area contributed by atoms with E-state index in [2.05, 4.69) is 230 Å². The minimum Gasteiger partial charge on any atom is -0.311 e. The third-order valence-corrected chi connectivity index (χ3v) is 11.4. The van der Waals surface area contributed by atoms with Crippen LogP contribution in [0.15, 0.2) is 194 Å². The lowest BCUT2D eigenvalue weighted by Gasteiger charge is -2.25. The lowest BCUT2D eigenvalue weighted by molar-refractivity contribution is 0.664. The molecule has 2 nitrogen and oxygen atoms in total. The number of nitrogens with zero attached hydrogens (tertiary/aromatic N) is 2. The van der Waals surface area contributed by atoms with Crippen molar-refractivity contribution in [1.82, 2.24) is 4.57 Å². The van der Waals surface area contributed by atoms with Gasteiger partial charge >= 0.3 is 0 Å². The number of anilines is 3. The van der Waals surface area contributed by atoms with Crippen molar-refractivity contribution >= 4 is 51.0 Å². The van der Waals surface area contributed by atoms with Crippen LogP contribution in [0.2, 0.25) is 0 Å². The van der Waals surface area contributed by atoms with E-state index in [4.69, 9.17) is 0 Å². The second kappa shape index (κ2) is 13.2. The zero-order valence-corrected chi connectivity index (χ0v) is 31.0. The maximum Gasteiger partial charge on any atom is 0.0588 e. The summed E-state index contributed by atoms with van der Waals surface area (Å²) in [6.45, 7) is 4.80. The Morgan fingerprint density at radius 2 is 0.982 bits per heavy atom. The molecule has 1 aliphatic rings. The van der Waals surface area contributed by atoms with Gasteiger partial charge in [0.15, 0.2) is 0 Å². The van der Waals surface area contributed by atoms with Crippen molar-refractivity contribution in [2.45, 2.75) is 19.3 Å². The van der Waals surface area contributed by atoms with E-state index >= 15 is 0 Å². The van der Waals surface area contributed by atoms with Crippen LogP contribution in [-0.2, 0) is 5.41 Å². The molecule has 0 saturated carbocycles. The van der Waals surface area contributed by atoms with Crippen LogP contribution in [0.4, 0.5) is 17.1 Å². The van der Waals surface area contributed by atoms with Gasteiger partial charge in [0.2, 0.25) is 0 Å². The van der Waals surface area contributed by atoms with Crippen molar-refractivity contribution in [2.24, 2.45) is 0 Å². The van der Waals surface area contributed by atoms with Crippen LogP contribution < -0.4 is 4.90 Å². The van der Waals surface area contributed by atoms with Crippen molar-refractivity contribution in [3.8, 4) is 27.9 Å². The van der Waals surface area contributed by atoms with E-state index in [0.717, 1.165) is 22.6 Å². The van der Waals surface area contributed by atoms with Crippen LogP contribution in [0.3, 0.4) is 0 Å². The fourth-order valence-electron chi connectivity index (χ4n) is 8.69. The maximum atomic E-state index is 2.47. The monoisotopic (exact) mass is 704 g/mol. The van der Waals surface area contributed by atoms with E-state index in [1.54, 1.807) is 0 Å². The lowest BCUT2D eigenvalue weighted by Crippen LogP contribution is -2.16. The second-order valence-corrected chi connectivity index (χ2v) is 15.0. The van der Waals surface area contributed by atoms with Crippen LogP contribution in [0.25, 0.3) is 61.9 Å². The molecular formula is C53H40N2. The molecule has 0 spiro atoms. The second-order valence-electron chi connectivity index (χ2n) is 15.0. The Kier molecular flexibility index (Phi) is 7.85. The molecule has 55 heavy (non-hydrogen) atoms. The standard InChI is InChI=1S/C53H40N2/c1-53(2)49-36-40(30-33-45(49)47-34-35-48-46-20-12-13-21-50(46)55(52(48)51(47)53)43-18-10-5-11-19-43)39-28-24-37(25-29-39)22-23-38-26-31-44(32-27-38)54(41-14-6-3-7-15-41)42-16-8-4-9-17-42/h3-36H,1-2H3. The van der Waals surface area contributed by atoms with Gasteiger partial charge in [-0.1, -0.05) is 159 Å². The molecule has 0 fully saturated rings. The average Bonchev–Trinajstić information content (AvgIpc) is 3.70. The van der Waals surface area contributed by atoms with Crippen molar-refractivity contribution in [3.63, 3.8) is 0 Å². The van der Waals surface area contributed by atoms with Crippen molar-refractivity contribution < 1.29 is 0 Å². The molecule has 8 aromatic carbocycles. The average molecular weight is 705 g/mol. The summed E-state index contributed by atoms with van der Waals surface area (Å²) in [4.78, 5) is 2.29. The van der Waals surface area contributed by atoms with Gasteiger partial charge in [0.1, 0.15) is 0 Å². The molecule has 2 heteroatoms. The van der Waals surface area contributed by atoms with E-state index in [9.17, 15) is 0 Å². The molecule has 0 radical (unpaired) electrons. The van der Waals surface area contributed by atoms with Crippen LogP contribution in [0.5, 0.6) is 0 Å². The van der Waals surface area contributed by atoms with Gasteiger partial charge in [-0.25, -0.2) is 0 Å². The number of hydrogen-bond donors (Lipinski definition) is 0. The fraction of sp³-hybridized carbons (Fsp3) is 0.0566. The van der Waals surface area contributed by atoms with E-state index in [-0.39, 0.29) is 5.41 Å². The van der Waals surface area contributed by atoms with Gasteiger partial charge in [-0.2, -0.15) is 0 Å². The number of aromatic nitrogens is 1. The summed E-state index contributed by atoms with van der Waals surface area (Å²) in [7, 11) is 0. The summed E-state index contributed by atoms with van der Waals surface area (Å²) in [6.07, 6.45) is 4.39. The molecule has 0 amide bonds. The van der Waals surface area contributed by atoms with Crippen LogP contribution in [0.1, 0.15) is 36.1 Å². The first-order valence-corrected chi connectivity index (χ1v) is 19.1. The Morgan fingerprint density at radius 3 is 1.64 bits per heavy atom. The Bertz CT molecular complexity index is 2810. The first-order valence-electron chi connectivity index (χ1n) is 19.1. The summed E-state index contributed by atoms with van der Waals surface area (Å²) < 4.78 is 2.47. The summed E-state index contributed by atoms with van der Waals surface area (Å²) in [6, 6.07) is 70.2. The lowest BCUT2D eigenvalue weighted by atomic mass is 9.80. The minimum absolute atomic E-state index is 0.182. The molecule has 0 aliphatic heterocycles. The van der Waals surface area contributed by atoms with Gasteiger partial charge in [-0.3, -0.25) is 0 Å². The molecular weight excluding hydrogens is 665 g/mol. The number of hydrogen-bond acceptors (Lipinski definition) is 1. The van der Waals surface area contributed by atoms with Gasteiger partial charge in [0.05, 0.1) is 11.0 Å². The van der Waals surface area contributed by atoms with Crippen LogP contribution >= 0.6 is 0 Å². The summed E-state index contributed by atoms with van der Waals surface area (Å²) in [5.74, 6) is 0. The van der Waals surface area contributed by atoms with E-state index in [1.165, 1.54) is 66.4 Å². The van der Waals surface area contributed by atoms with E-state index in [1.807, 2.05) is 0 Å². The van der Waals surface area contributed by atoms with E-state index < -0.39 is 0 Å². The SMILES string of the molecule is CC1(C)c2cc(-c3ccc(C=Cc4ccc(N(c5ccccc5)c5ccccc5)cc4)cc3)ccc2-c2ccc3c4ccccc4n(-c4ccccc4)c3c21. The molecule has 0 bridgehead atoms. The fourth-order valence-corrected chi connectivity index (χ4v) is 8.69. The Labute approximate surface area is 322 Å². The molecule has 0 N–H and O–H groups in total. The highest BCUT2D eigenvalue weighted by Gasteiger charge is 2.38. The highest BCUT2D eigenvalue weighted by atomic mass is 15.1. The van der Waals surface area contributed by atoms with Gasteiger partial charge in [0.25, 0.3) is 0 Å². The first kappa shape index (κ1) is 32.7. The van der Waals surface area contributed by atoms with Gasteiger partial charge in [-0.05, 0) is 105 Å². The van der Waals surface area contributed by atoms with Gasteiger partial charge in [-0.15, -0.1) is 0 Å². The largest absolute Gasteiger partial charge is 0.311 e. The normalized spacial score (nSPS) is 13.0. The van der Waals surface area contributed by atoms with Crippen molar-refractivity contribution in [2.75, 3.05) is 4.90 Å². The quantitative estimate of drug-likeness (QED) is 0.150. The van der Waals surface area contributed by atoms with Crippen LogP contribution in [-0.4, -0.2) is 4.57 Å². The summed E-state index contributed by atoms with van der Waals surface area (Å²) in [5.41, 5.74) is 17.2. The first-order chi connectivity index (χ1) is 27.0. The summed E-state index contributed by atoms with van der Waals surface area (Å²) >= 11 is 0. The zero-order chi connectivity index (χ0) is 36.9. The molecule has 1 heterocycles. The molecule has 0 atom stereocenters. The maximum absolute atomic E-state index is 2.47. The predicted molar refractivity (Wildman–Crippen MR) is 234 cm³/mol. The topological polar surface area (TPSA) is 8.17 Å². The number of rotatable bonds is 7. The van der Waals surface area contributed by atoms with Gasteiger partial charge in [0, 0.05) is 38.9 Å². The third kappa shape index (κ3) is 5.57. The van der Waals surface area contributed by atoms with Crippen molar-refractivity contribution in [1.29, 1.82) is 0 Å². The molecule has 10 rings (SSSR count). The third-order valence-electron chi connectivity index (χ3n) is 11.4.